The molecule has 5 nitrogen and oxygen atoms in total. The molecule has 0 aromatic rings. The Hall–Kier alpha value is -1.48. The van der Waals surface area contributed by atoms with Gasteiger partial charge in [-0.05, 0) is 6.42 Å². The fraction of sp³-hybridized carbons (Fsp3) is 0.500. The quantitative estimate of drug-likeness (QED) is 0.222. The molecule has 0 radical (unpaired) electrons. The van der Waals surface area contributed by atoms with Crippen LogP contribution < -0.4 is 0 Å². The number of rotatable bonds is 1. The van der Waals surface area contributed by atoms with E-state index in [1.807, 2.05) is 0 Å². The van der Waals surface area contributed by atoms with Gasteiger partial charge in [0.15, 0.2) is 6.04 Å². The van der Waals surface area contributed by atoms with Gasteiger partial charge in [0.05, 0.1) is 0 Å². The van der Waals surface area contributed by atoms with Gasteiger partial charge in [-0.15, -0.1) is 0 Å². The molecule has 11 heavy (non-hydrogen) atoms. The lowest BCUT2D eigenvalue weighted by Gasteiger charge is -2.13. The average molecular weight is 155 g/mol. The molecule has 1 atom stereocenters. The van der Waals surface area contributed by atoms with Gasteiger partial charge in [0.25, 0.3) is 0 Å². The predicted octanol–water partition coefficient (Wildman–Crippen LogP) is -0.446. The zero-order chi connectivity index (χ0) is 8.27. The second-order valence-electron chi connectivity index (χ2n) is 2.07. The van der Waals surface area contributed by atoms with Crippen LogP contribution in [0.5, 0.6) is 0 Å². The highest BCUT2D eigenvalue weighted by Gasteiger charge is 2.28. The summed E-state index contributed by atoms with van der Waals surface area (Å²) in [5.41, 5.74) is 0. The molecule has 0 saturated carbocycles. The standard InChI is InChI=1S/C6H5NO4/c8-3-7-4-1-2-5(9)11-6(4)10/h4H,1-2H2/t4-/m1/s1. The van der Waals surface area contributed by atoms with Gasteiger partial charge in [0, 0.05) is 6.42 Å². The maximum absolute atomic E-state index is 10.7. The fourth-order valence-corrected chi connectivity index (χ4v) is 0.785. The molecule has 0 bridgehead atoms. The van der Waals surface area contributed by atoms with E-state index in [9.17, 15) is 14.4 Å². The monoisotopic (exact) mass is 155 g/mol. The molecule has 0 N–H and O–H groups in total. The van der Waals surface area contributed by atoms with Crippen LogP contribution in [-0.2, 0) is 19.1 Å². The molecule has 0 aromatic heterocycles. The third-order valence-electron chi connectivity index (χ3n) is 1.32. The number of carbonyl (C=O) groups excluding carboxylic acids is 3. The molecular weight excluding hydrogens is 150 g/mol. The lowest BCUT2D eigenvalue weighted by molar-refractivity contribution is -0.164. The van der Waals surface area contributed by atoms with Gasteiger partial charge in [-0.1, -0.05) is 0 Å². The Morgan fingerprint density at radius 1 is 1.55 bits per heavy atom. The average Bonchev–Trinajstić information content (AvgIpc) is 1.95. The molecular formula is C6H5NO4. The first kappa shape index (κ1) is 7.63. The smallest absolute Gasteiger partial charge is 0.339 e. The SMILES string of the molecule is O=C=N[C@@H]1CCC(=O)OC1=O. The number of nitrogens with zero attached hydrogens (tertiary/aromatic N) is 1. The molecule has 1 rings (SSSR count). The maximum atomic E-state index is 10.7. The van der Waals surface area contributed by atoms with E-state index < -0.39 is 18.0 Å². The summed E-state index contributed by atoms with van der Waals surface area (Å²) in [6.45, 7) is 0. The third-order valence-corrected chi connectivity index (χ3v) is 1.32. The van der Waals surface area contributed by atoms with Crippen molar-refractivity contribution >= 4 is 18.0 Å². The van der Waals surface area contributed by atoms with Gasteiger partial charge < -0.3 is 4.74 Å². The Balaban J connectivity index is 2.64. The summed E-state index contributed by atoms with van der Waals surface area (Å²) in [7, 11) is 0. The van der Waals surface area contributed by atoms with E-state index in [-0.39, 0.29) is 12.8 Å². The molecule has 0 aliphatic carbocycles. The van der Waals surface area contributed by atoms with Gasteiger partial charge >= 0.3 is 11.9 Å². The van der Waals surface area contributed by atoms with E-state index in [0.29, 0.717) is 0 Å². The summed E-state index contributed by atoms with van der Waals surface area (Å²) in [6.07, 6.45) is 1.62. The van der Waals surface area contributed by atoms with Crippen molar-refractivity contribution in [2.24, 2.45) is 4.99 Å². The molecule has 0 aromatic carbocycles. The van der Waals surface area contributed by atoms with E-state index in [1.165, 1.54) is 6.08 Å². The van der Waals surface area contributed by atoms with Crippen LogP contribution in [0.4, 0.5) is 0 Å². The van der Waals surface area contributed by atoms with E-state index in [1.54, 1.807) is 0 Å². The minimum atomic E-state index is -0.829. The second kappa shape index (κ2) is 3.07. The van der Waals surface area contributed by atoms with Gasteiger partial charge in [0.2, 0.25) is 6.08 Å². The molecule has 0 amide bonds. The Bertz CT molecular complexity index is 241. The zero-order valence-corrected chi connectivity index (χ0v) is 5.57. The van der Waals surface area contributed by atoms with Crippen LogP contribution in [-0.4, -0.2) is 24.1 Å². The molecule has 58 valence electrons. The summed E-state index contributed by atoms with van der Waals surface area (Å²) in [5.74, 6) is -1.32. The molecule has 1 saturated heterocycles. The van der Waals surface area contributed by atoms with Crippen molar-refractivity contribution < 1.29 is 19.1 Å². The summed E-state index contributed by atoms with van der Waals surface area (Å²) in [4.78, 5) is 34.0. The number of hydrogen-bond acceptors (Lipinski definition) is 5. The van der Waals surface area contributed by atoms with Crippen molar-refractivity contribution in [1.29, 1.82) is 0 Å². The van der Waals surface area contributed by atoms with Crippen molar-refractivity contribution in [2.45, 2.75) is 18.9 Å². The van der Waals surface area contributed by atoms with E-state index in [2.05, 4.69) is 9.73 Å². The molecule has 0 spiro atoms. The highest BCUT2D eigenvalue weighted by atomic mass is 16.6. The van der Waals surface area contributed by atoms with Crippen molar-refractivity contribution in [2.75, 3.05) is 0 Å². The Labute approximate surface area is 62.1 Å². The lowest BCUT2D eigenvalue weighted by atomic mass is 10.1. The topological polar surface area (TPSA) is 72.8 Å². The molecule has 1 heterocycles. The van der Waals surface area contributed by atoms with Crippen LogP contribution in [0.2, 0.25) is 0 Å². The summed E-state index contributed by atoms with van der Waals surface area (Å²) >= 11 is 0. The van der Waals surface area contributed by atoms with E-state index in [0.717, 1.165) is 0 Å². The normalized spacial score (nSPS) is 23.8. The van der Waals surface area contributed by atoms with E-state index >= 15 is 0 Å². The number of isocyanates is 1. The van der Waals surface area contributed by atoms with Crippen LogP contribution >= 0.6 is 0 Å². The summed E-state index contributed by atoms with van der Waals surface area (Å²) in [5, 5.41) is 0. The van der Waals surface area contributed by atoms with Crippen molar-refractivity contribution in [3.05, 3.63) is 0 Å². The Morgan fingerprint density at radius 3 is 2.82 bits per heavy atom. The fourth-order valence-electron chi connectivity index (χ4n) is 0.785. The minimum absolute atomic E-state index is 0.127. The Morgan fingerprint density at radius 2 is 2.27 bits per heavy atom. The number of ether oxygens (including phenoxy) is 1. The van der Waals surface area contributed by atoms with Gasteiger partial charge in [0.1, 0.15) is 0 Å². The van der Waals surface area contributed by atoms with Crippen LogP contribution in [0.15, 0.2) is 4.99 Å². The van der Waals surface area contributed by atoms with Crippen LogP contribution in [0.3, 0.4) is 0 Å². The predicted molar refractivity (Wildman–Crippen MR) is 32.2 cm³/mol. The van der Waals surface area contributed by atoms with Crippen molar-refractivity contribution in [1.82, 2.24) is 0 Å². The van der Waals surface area contributed by atoms with Crippen LogP contribution in [0.25, 0.3) is 0 Å². The first-order valence-electron chi connectivity index (χ1n) is 3.05. The number of hydrogen-bond donors (Lipinski definition) is 0. The first-order valence-corrected chi connectivity index (χ1v) is 3.05. The van der Waals surface area contributed by atoms with Gasteiger partial charge in [-0.3, -0.25) is 4.79 Å². The largest absolute Gasteiger partial charge is 0.392 e. The number of cyclic esters (lactones) is 2. The van der Waals surface area contributed by atoms with Gasteiger partial charge in [-0.25, -0.2) is 9.59 Å². The lowest BCUT2D eigenvalue weighted by Crippen LogP contribution is -2.30. The number of esters is 2. The highest BCUT2D eigenvalue weighted by molar-refractivity contribution is 5.91. The summed E-state index contributed by atoms with van der Waals surface area (Å²) in [6, 6.07) is -0.829. The second-order valence-corrected chi connectivity index (χ2v) is 2.07. The van der Waals surface area contributed by atoms with Crippen molar-refractivity contribution in [3.63, 3.8) is 0 Å². The van der Waals surface area contributed by atoms with Gasteiger partial charge in [-0.2, -0.15) is 4.99 Å². The molecule has 5 heteroatoms. The zero-order valence-electron chi connectivity index (χ0n) is 5.57. The highest BCUT2D eigenvalue weighted by Crippen LogP contribution is 2.11. The third kappa shape index (κ3) is 1.72. The van der Waals surface area contributed by atoms with E-state index in [4.69, 9.17) is 0 Å². The van der Waals surface area contributed by atoms with Crippen molar-refractivity contribution in [3.8, 4) is 0 Å². The molecule has 1 aliphatic rings. The van der Waals surface area contributed by atoms with Crippen LogP contribution in [0, 0.1) is 0 Å². The summed E-state index contributed by atoms with van der Waals surface area (Å²) < 4.78 is 4.20. The molecule has 0 unspecified atom stereocenters. The Kier molecular flexibility index (Phi) is 2.13. The maximum Gasteiger partial charge on any atom is 0.339 e. The molecule has 1 aliphatic heterocycles. The number of carbonyl (C=O) groups is 2. The van der Waals surface area contributed by atoms with Crippen LogP contribution in [0.1, 0.15) is 12.8 Å². The first-order chi connectivity index (χ1) is 5.24. The molecule has 1 fully saturated rings. The number of aliphatic imine (C=N–C) groups is 1. The minimum Gasteiger partial charge on any atom is -0.392 e.